The molecule has 5 heterocycles. The molecule has 2 amide bonds. The van der Waals surface area contributed by atoms with E-state index in [0.29, 0.717) is 12.8 Å². The van der Waals surface area contributed by atoms with Gasteiger partial charge in [-0.2, -0.15) is 0 Å². The van der Waals surface area contributed by atoms with E-state index >= 15 is 0 Å². The molecule has 5 aliphatic heterocycles. The van der Waals surface area contributed by atoms with E-state index in [1.807, 2.05) is 6.92 Å². The summed E-state index contributed by atoms with van der Waals surface area (Å²) in [5.74, 6) is -6.78. The standard InChI is InChI=1S/C41H70N2O29/c1-4-5-6-63-37-30(59)28(57)32(19(11-47)67-37)69-39-31(60)35(25(54)18(10-46)66-39)71-36-22(43-14(3)49)33(70-38-29(58)27(56)24(53)17(9-45)65-38)26(55)20(68-36)12-64-41(40(61)62)7-15(50)21(42-13(2)48)34(72-41)23(52)16(51)8-44/h15-39,44-47,50-60H,4-12H2,1-3H3,(H,42,48)(H,43,49)(H,61,62)/t15?,16-,17?,18?,19?,20?,21-,22?,23-,24+,25+,26-,27?,28?,29?,30?,31?,32-,33?,34?,35?,36+,37-,38+,39+,41-/m1/s1. The highest BCUT2D eigenvalue weighted by Crippen LogP contribution is 2.38. The number of carbonyl (C=O) groups excluding carboxylic acids is 2. The zero-order chi connectivity index (χ0) is 53.5. The zero-order valence-corrected chi connectivity index (χ0v) is 39.3. The van der Waals surface area contributed by atoms with Gasteiger partial charge in [0.25, 0.3) is 5.79 Å². The van der Waals surface area contributed by atoms with Crippen molar-refractivity contribution >= 4 is 17.8 Å². The van der Waals surface area contributed by atoms with Gasteiger partial charge in [0.2, 0.25) is 11.8 Å². The fourth-order valence-electron chi connectivity index (χ4n) is 8.89. The maximum atomic E-state index is 13.0. The Morgan fingerprint density at radius 2 is 1.12 bits per heavy atom. The topological polar surface area (TPSA) is 491 Å². The smallest absolute Gasteiger partial charge is 0.364 e. The summed E-state index contributed by atoms with van der Waals surface area (Å²) in [6.07, 6.45) is -44.7. The molecule has 5 fully saturated rings. The van der Waals surface area contributed by atoms with Gasteiger partial charge in [0, 0.05) is 26.9 Å². The molecule has 0 spiro atoms. The van der Waals surface area contributed by atoms with Crippen LogP contribution >= 0.6 is 0 Å². The molecule has 5 aliphatic rings. The van der Waals surface area contributed by atoms with Gasteiger partial charge >= 0.3 is 5.97 Å². The van der Waals surface area contributed by atoms with E-state index in [1.54, 1.807) is 0 Å². The van der Waals surface area contributed by atoms with Crippen LogP contribution in [0.2, 0.25) is 0 Å². The number of carboxylic acid groups (broad SMARTS) is 1. The van der Waals surface area contributed by atoms with Crippen molar-refractivity contribution in [3.8, 4) is 0 Å². The maximum Gasteiger partial charge on any atom is 0.364 e. The number of carboxylic acids is 1. The fourth-order valence-corrected chi connectivity index (χ4v) is 8.89. The van der Waals surface area contributed by atoms with Gasteiger partial charge in [-0.15, -0.1) is 0 Å². The molecule has 5 rings (SSSR count). The van der Waals surface area contributed by atoms with Crippen LogP contribution in [-0.2, 0) is 61.8 Å². The molecule has 14 unspecified atom stereocenters. The van der Waals surface area contributed by atoms with Crippen LogP contribution in [0, 0.1) is 0 Å². The molecule has 18 N–H and O–H groups in total. The summed E-state index contributed by atoms with van der Waals surface area (Å²) < 4.78 is 57.5. The van der Waals surface area contributed by atoms with Gasteiger partial charge in [-0.1, -0.05) is 13.3 Å². The van der Waals surface area contributed by atoms with E-state index in [2.05, 4.69) is 10.6 Å². The van der Waals surface area contributed by atoms with Crippen LogP contribution in [0.5, 0.6) is 0 Å². The van der Waals surface area contributed by atoms with Gasteiger partial charge in [-0.3, -0.25) is 9.59 Å². The molecular formula is C41H70N2O29. The highest BCUT2D eigenvalue weighted by atomic mass is 16.8. The van der Waals surface area contributed by atoms with Crippen LogP contribution in [0.25, 0.3) is 0 Å². The number of rotatable bonds is 22. The van der Waals surface area contributed by atoms with Crippen molar-refractivity contribution in [2.24, 2.45) is 0 Å². The van der Waals surface area contributed by atoms with Gasteiger partial charge in [-0.05, 0) is 6.42 Å². The molecule has 418 valence electrons. The number of nitrogens with one attached hydrogen (secondary N) is 2. The van der Waals surface area contributed by atoms with Gasteiger partial charge in [0.05, 0.1) is 45.2 Å². The third kappa shape index (κ3) is 13.5. The molecule has 31 heteroatoms. The Balaban J connectivity index is 1.51. The van der Waals surface area contributed by atoms with Crippen molar-refractivity contribution in [2.75, 3.05) is 39.6 Å². The number of aliphatic hydroxyl groups is 15. The Bertz CT molecular complexity index is 1720. The first kappa shape index (κ1) is 60.3. The lowest BCUT2D eigenvalue weighted by Gasteiger charge is -2.51. The third-order valence-corrected chi connectivity index (χ3v) is 12.9. The van der Waals surface area contributed by atoms with Gasteiger partial charge in [-0.25, -0.2) is 4.79 Å². The van der Waals surface area contributed by atoms with Crippen LogP contribution < -0.4 is 10.6 Å². The Kier molecular flexibility index (Phi) is 22.1. The summed E-state index contributed by atoms with van der Waals surface area (Å²) in [6.45, 7) is -1.18. The number of hydrogen-bond acceptors (Lipinski definition) is 28. The molecule has 0 aliphatic carbocycles. The van der Waals surface area contributed by atoms with Gasteiger partial charge in [0.15, 0.2) is 25.2 Å². The second-order valence-corrected chi connectivity index (χ2v) is 18.1. The van der Waals surface area contributed by atoms with E-state index in [-0.39, 0.29) is 6.61 Å². The Labute approximate surface area is 410 Å². The first-order valence-electron chi connectivity index (χ1n) is 23.2. The van der Waals surface area contributed by atoms with Crippen molar-refractivity contribution in [1.29, 1.82) is 0 Å². The molecule has 26 atom stereocenters. The van der Waals surface area contributed by atoms with Crippen LogP contribution in [-0.4, -0.2) is 298 Å². The monoisotopic (exact) mass is 1050 g/mol. The molecule has 72 heavy (non-hydrogen) atoms. The second kappa shape index (κ2) is 26.5. The van der Waals surface area contributed by atoms with Crippen LogP contribution in [0.15, 0.2) is 0 Å². The van der Waals surface area contributed by atoms with Crippen LogP contribution in [0.1, 0.15) is 40.0 Å². The van der Waals surface area contributed by atoms with E-state index in [0.717, 1.165) is 13.8 Å². The van der Waals surface area contributed by atoms with E-state index in [9.17, 15) is 96.1 Å². The predicted molar refractivity (Wildman–Crippen MR) is 226 cm³/mol. The fraction of sp³-hybridized carbons (Fsp3) is 0.927. The molecule has 31 nitrogen and oxygen atoms in total. The number of unbranched alkanes of at least 4 members (excludes halogenated alkanes) is 1. The van der Waals surface area contributed by atoms with Crippen LogP contribution in [0.3, 0.4) is 0 Å². The Morgan fingerprint density at radius 3 is 1.69 bits per heavy atom. The summed E-state index contributed by atoms with van der Waals surface area (Å²) in [5, 5.41) is 177. The summed E-state index contributed by atoms with van der Waals surface area (Å²) in [6, 6.07) is -3.51. The van der Waals surface area contributed by atoms with E-state index in [1.165, 1.54) is 0 Å². The van der Waals surface area contributed by atoms with Crippen molar-refractivity contribution in [1.82, 2.24) is 10.6 Å². The number of ether oxygens (including phenoxy) is 10. The lowest BCUT2D eigenvalue weighted by atomic mass is 9.88. The lowest BCUT2D eigenvalue weighted by Crippen LogP contribution is -2.71. The van der Waals surface area contributed by atoms with Gasteiger partial charge in [0.1, 0.15) is 116 Å². The molecule has 0 aromatic rings. The maximum absolute atomic E-state index is 13.0. The summed E-state index contributed by atoms with van der Waals surface area (Å²) in [7, 11) is 0. The van der Waals surface area contributed by atoms with Crippen molar-refractivity contribution in [2.45, 2.75) is 199 Å². The van der Waals surface area contributed by atoms with Crippen molar-refractivity contribution < 1.29 is 143 Å². The molecule has 0 radical (unpaired) electrons. The molecule has 0 saturated carbocycles. The highest BCUT2D eigenvalue weighted by Gasteiger charge is 2.59. The van der Waals surface area contributed by atoms with Crippen molar-refractivity contribution in [3.63, 3.8) is 0 Å². The van der Waals surface area contributed by atoms with E-state index in [4.69, 9.17) is 47.4 Å². The number of aliphatic carboxylic acids is 1. The second-order valence-electron chi connectivity index (χ2n) is 18.1. The number of hydrogen-bond donors (Lipinski definition) is 18. The van der Waals surface area contributed by atoms with E-state index < -0.39 is 216 Å². The molecular weight excluding hydrogens is 984 g/mol. The SMILES string of the molecule is CCCCO[C@@H]1OC(CO)[C@@H](O[C@@H]2OC(CO)[C@H](O)C(O[C@@H]3OC(CO[C@]4(C(=O)O)CC(O)[C@@H](NC(C)=O)C([C@H](O)[C@H](O)CO)O4)[C@@H](O)C(O[C@@H]4OC(CO)[C@H](O)C(O)C4O)C3NC(C)=O)C2O)C(O)C1O. The lowest BCUT2D eigenvalue weighted by molar-refractivity contribution is -0.384. The Morgan fingerprint density at radius 1 is 0.611 bits per heavy atom. The summed E-state index contributed by atoms with van der Waals surface area (Å²) in [4.78, 5) is 38.0. The first-order valence-corrected chi connectivity index (χ1v) is 23.2. The van der Waals surface area contributed by atoms with Gasteiger partial charge < -0.3 is 140 Å². The number of amides is 2. The first-order chi connectivity index (χ1) is 34.0. The zero-order valence-electron chi connectivity index (χ0n) is 39.3. The Hall–Kier alpha value is -2.59. The molecule has 0 bridgehead atoms. The minimum absolute atomic E-state index is 0.105. The van der Waals surface area contributed by atoms with Crippen molar-refractivity contribution in [3.05, 3.63) is 0 Å². The third-order valence-electron chi connectivity index (χ3n) is 12.9. The largest absolute Gasteiger partial charge is 0.477 e. The molecule has 5 saturated heterocycles. The average Bonchev–Trinajstić information content (AvgIpc) is 3.34. The number of aliphatic hydroxyl groups excluding tert-OH is 15. The highest BCUT2D eigenvalue weighted by molar-refractivity contribution is 5.76. The predicted octanol–water partition coefficient (Wildman–Crippen LogP) is -10.6. The minimum atomic E-state index is -3.06. The average molecular weight is 1050 g/mol. The summed E-state index contributed by atoms with van der Waals surface area (Å²) >= 11 is 0. The molecule has 0 aromatic carbocycles. The van der Waals surface area contributed by atoms with Crippen LogP contribution in [0.4, 0.5) is 0 Å². The molecule has 0 aromatic heterocycles. The normalized spacial score (nSPS) is 44.7. The quantitative estimate of drug-likeness (QED) is 0.0448. The number of carbonyl (C=O) groups is 3. The minimum Gasteiger partial charge on any atom is -0.477 e. The summed E-state index contributed by atoms with van der Waals surface area (Å²) in [5.41, 5.74) is 0.